The van der Waals surface area contributed by atoms with Crippen molar-refractivity contribution in [3.8, 4) is 0 Å². The van der Waals surface area contributed by atoms with Gasteiger partial charge in [-0.1, -0.05) is 48.0 Å². The Balaban J connectivity index is 7.29. The van der Waals surface area contributed by atoms with E-state index in [1.54, 1.807) is 34.6 Å². The Morgan fingerprint density at radius 3 is 1.01 bits per heavy atom. The van der Waals surface area contributed by atoms with Crippen LogP contribution in [0.25, 0.3) is 0 Å². The third-order valence-electron chi connectivity index (χ3n) is 14.8. The number of carbonyl (C=O) groups is 17. The van der Waals surface area contributed by atoms with Crippen LogP contribution in [0.5, 0.6) is 0 Å². The number of hydrogen-bond acceptors (Lipinski definition) is 21. The van der Waals surface area contributed by atoms with Crippen molar-refractivity contribution in [1.82, 2.24) is 58.5 Å². The van der Waals surface area contributed by atoms with Crippen molar-refractivity contribution in [2.45, 2.75) is 217 Å². The average Bonchev–Trinajstić information content (AvgIpc) is 0.857. The molecular weight excluding hydrogens is 1330 g/mol. The van der Waals surface area contributed by atoms with Crippen LogP contribution in [0.3, 0.4) is 0 Å². The fourth-order valence-electron chi connectivity index (χ4n) is 8.98. The monoisotopic (exact) mass is 1430 g/mol. The van der Waals surface area contributed by atoms with Gasteiger partial charge in [0, 0.05) is 25.9 Å². The number of aliphatic hydroxyl groups is 1. The van der Waals surface area contributed by atoms with E-state index in [4.69, 9.17) is 40.1 Å². The van der Waals surface area contributed by atoms with Crippen LogP contribution in [-0.4, -0.2) is 230 Å². The number of rotatable bonds is 49. The standard InChI is InChI=1S/C58H100N20O22/c1-9-26(6)43(56(99)100)77-49(92)32(15-17-38(60)81)72-51(94)35(22-40(84)85)75-52(95)36(23-41(86)87)76-55(98)44(28(8)79)78-53(96)33(20-24(2)3)74-48(91)31(14-16-37(59)80)71-47(90)29(12-10-18-66-57(62)63)69-46(89)30(13-11-19-67-58(64)65)70-50(93)34(21-39(82)83)73-45(88)27(7)68-54(97)42(61)25(4)5/h24-36,42-44,79H,9-23,61H2,1-8H3,(H2,59,80)(H2,60,81)(H,68,97)(H,69,89)(H,70,93)(H,71,90)(H,72,94)(H,73,88)(H,74,91)(H,75,95)(H,76,98)(H,77,92)(H,78,96)(H,82,83)(H,84,85)(H,86,87)(H,99,100)(H4,62,63,66)(H4,64,65,67)/t26-,27-,28+,29-,30-,31-,32-,33-,34-,35-,36-,42-,43-,44-/m0/s1. The van der Waals surface area contributed by atoms with Gasteiger partial charge in [-0.3, -0.25) is 86.7 Å². The number of aliphatic imine (C=N–C) groups is 2. The smallest absolute Gasteiger partial charge is 0.326 e. The maximum absolute atomic E-state index is 14.4. The topological polar surface area (TPSA) is 731 Å². The molecule has 42 nitrogen and oxygen atoms in total. The summed E-state index contributed by atoms with van der Waals surface area (Å²) in [5.74, 6) is -24.2. The van der Waals surface area contributed by atoms with Gasteiger partial charge in [-0.25, -0.2) is 4.79 Å². The van der Waals surface area contributed by atoms with Crippen molar-refractivity contribution >= 4 is 113 Å². The molecule has 0 saturated heterocycles. The third kappa shape index (κ3) is 35.6. The summed E-state index contributed by atoms with van der Waals surface area (Å²) in [5.41, 5.74) is 38.5. The predicted octanol–water partition coefficient (Wildman–Crippen LogP) is -9.06. The van der Waals surface area contributed by atoms with Gasteiger partial charge in [0.2, 0.25) is 76.8 Å². The van der Waals surface area contributed by atoms with E-state index in [9.17, 15) is 107 Å². The Labute approximate surface area is 574 Å². The Morgan fingerprint density at radius 1 is 0.380 bits per heavy atom. The quantitative estimate of drug-likeness (QED) is 0.0153. The zero-order valence-corrected chi connectivity index (χ0v) is 57.0. The molecule has 0 aromatic carbocycles. The molecule has 100 heavy (non-hydrogen) atoms. The number of nitrogens with two attached hydrogens (primary N) is 7. The van der Waals surface area contributed by atoms with E-state index in [0.717, 1.165) is 6.92 Å². The van der Waals surface area contributed by atoms with Gasteiger partial charge in [0.15, 0.2) is 11.9 Å². The molecule has 0 rings (SSSR count). The normalized spacial score (nSPS) is 15.2. The van der Waals surface area contributed by atoms with E-state index in [0.29, 0.717) is 0 Å². The van der Waals surface area contributed by atoms with E-state index < -0.39 is 236 Å². The minimum atomic E-state index is -2.25. The second-order valence-electron chi connectivity index (χ2n) is 24.3. The molecule has 0 heterocycles. The molecule has 564 valence electrons. The van der Waals surface area contributed by atoms with Crippen molar-refractivity contribution in [3.05, 3.63) is 0 Å². The summed E-state index contributed by atoms with van der Waals surface area (Å²) in [5, 5.41) is 74.5. The van der Waals surface area contributed by atoms with Crippen LogP contribution in [0.15, 0.2) is 9.98 Å². The molecule has 0 bridgehead atoms. The number of aliphatic carboxylic acids is 4. The maximum Gasteiger partial charge on any atom is 0.326 e. The summed E-state index contributed by atoms with van der Waals surface area (Å²) in [6, 6.07) is -21.1. The first-order valence-corrected chi connectivity index (χ1v) is 31.8. The maximum atomic E-state index is 14.4. The van der Waals surface area contributed by atoms with Gasteiger partial charge in [-0.05, 0) is 76.5 Å². The van der Waals surface area contributed by atoms with E-state index in [2.05, 4.69) is 57.8 Å². The van der Waals surface area contributed by atoms with Crippen LogP contribution in [-0.2, 0) is 81.5 Å². The second-order valence-corrected chi connectivity index (χ2v) is 24.3. The first-order chi connectivity index (χ1) is 46.4. The highest BCUT2D eigenvalue weighted by molar-refractivity contribution is 6.01. The third-order valence-corrected chi connectivity index (χ3v) is 14.8. The zero-order valence-electron chi connectivity index (χ0n) is 57.0. The molecule has 0 aromatic heterocycles. The fraction of sp³-hybridized carbons (Fsp3) is 0.672. The van der Waals surface area contributed by atoms with Crippen LogP contribution in [0.4, 0.5) is 0 Å². The largest absolute Gasteiger partial charge is 0.481 e. The summed E-state index contributed by atoms with van der Waals surface area (Å²) >= 11 is 0. The van der Waals surface area contributed by atoms with Crippen molar-refractivity contribution in [2.75, 3.05) is 13.1 Å². The number of primary amides is 2. The molecule has 0 saturated carbocycles. The lowest BCUT2D eigenvalue weighted by Gasteiger charge is -2.29. The number of guanidine groups is 2. The lowest BCUT2D eigenvalue weighted by molar-refractivity contribution is -0.145. The van der Waals surface area contributed by atoms with Gasteiger partial charge < -0.3 is 124 Å². The molecule has 30 N–H and O–H groups in total. The van der Waals surface area contributed by atoms with E-state index >= 15 is 0 Å². The van der Waals surface area contributed by atoms with Gasteiger partial charge in [-0.2, -0.15) is 0 Å². The van der Waals surface area contributed by atoms with Crippen LogP contribution < -0.4 is 98.6 Å². The summed E-state index contributed by atoms with van der Waals surface area (Å²) < 4.78 is 0. The molecule has 0 aliphatic carbocycles. The number of nitrogens with zero attached hydrogens (tertiary/aromatic N) is 2. The van der Waals surface area contributed by atoms with Crippen molar-refractivity contribution < 1.29 is 107 Å². The van der Waals surface area contributed by atoms with Gasteiger partial charge in [0.25, 0.3) is 0 Å². The molecule has 0 aliphatic heterocycles. The minimum Gasteiger partial charge on any atom is -0.481 e. The molecule has 14 atom stereocenters. The van der Waals surface area contributed by atoms with Gasteiger partial charge in [0.05, 0.1) is 31.4 Å². The van der Waals surface area contributed by atoms with Gasteiger partial charge in [-0.15, -0.1) is 0 Å². The van der Waals surface area contributed by atoms with Gasteiger partial charge in [0.1, 0.15) is 66.5 Å². The number of carboxylic acid groups (broad SMARTS) is 4. The zero-order chi connectivity index (χ0) is 77.0. The molecule has 42 heteroatoms. The number of hydrogen-bond donors (Lipinski definition) is 23. The van der Waals surface area contributed by atoms with E-state index in [1.165, 1.54) is 13.8 Å². The van der Waals surface area contributed by atoms with Crippen molar-refractivity contribution in [2.24, 2.45) is 67.9 Å². The number of nitrogens with one attached hydrogen (secondary N) is 11. The second kappa shape index (κ2) is 45.1. The van der Waals surface area contributed by atoms with Crippen molar-refractivity contribution in [3.63, 3.8) is 0 Å². The molecule has 0 radical (unpaired) electrons. The highest BCUT2D eigenvalue weighted by Crippen LogP contribution is 2.14. The van der Waals surface area contributed by atoms with Crippen LogP contribution in [0.2, 0.25) is 0 Å². The molecule has 0 spiro atoms. The number of carbonyl (C=O) groups excluding carboxylic acids is 13. The van der Waals surface area contributed by atoms with E-state index in [1.807, 2.05) is 10.6 Å². The Morgan fingerprint density at radius 2 is 0.690 bits per heavy atom. The average molecular weight is 1430 g/mol. The van der Waals surface area contributed by atoms with Crippen LogP contribution >= 0.6 is 0 Å². The molecule has 13 amide bonds. The van der Waals surface area contributed by atoms with E-state index in [-0.39, 0.29) is 69.5 Å². The fourth-order valence-corrected chi connectivity index (χ4v) is 8.98. The lowest BCUT2D eigenvalue weighted by Crippen LogP contribution is -2.62. The Bertz CT molecular complexity index is 2960. The Hall–Kier alpha value is -10.5. The number of amides is 13. The minimum absolute atomic E-state index is 0.0645. The summed E-state index contributed by atoms with van der Waals surface area (Å²) in [6.07, 6.45) is -8.77. The first-order valence-electron chi connectivity index (χ1n) is 31.8. The summed E-state index contributed by atoms with van der Waals surface area (Å²) in [6.45, 7) is 11.4. The Kier molecular flexibility index (Phi) is 40.4. The molecule has 0 aliphatic rings. The summed E-state index contributed by atoms with van der Waals surface area (Å²) in [7, 11) is 0. The molecule has 0 fully saturated rings. The highest BCUT2D eigenvalue weighted by Gasteiger charge is 2.39. The number of carboxylic acids is 4. The SMILES string of the molecule is CC[C@H](C)[C@H](NC(=O)[C@H](CCC(N)=O)NC(=O)[C@H](CC(=O)O)NC(=O)[C@H](CC(=O)O)NC(=O)[C@@H](NC(=O)[C@H](CC(C)C)NC(=O)[C@H](CCC(N)=O)NC(=O)[C@H](CCCN=C(N)N)NC(=O)[C@H](CCCN=C(N)N)NC(=O)[C@H](CC(=O)O)NC(=O)[C@H](C)NC(=O)[C@@H](N)C(C)C)[C@@H](C)O)C(=O)O. The predicted molar refractivity (Wildman–Crippen MR) is 351 cm³/mol. The molecular formula is C58H100N20O22. The summed E-state index contributed by atoms with van der Waals surface area (Å²) in [4.78, 5) is 232. The number of aliphatic hydroxyl groups excluding tert-OH is 1. The lowest BCUT2D eigenvalue weighted by atomic mass is 9.98. The van der Waals surface area contributed by atoms with Crippen LogP contribution in [0.1, 0.15) is 139 Å². The van der Waals surface area contributed by atoms with Crippen LogP contribution in [0, 0.1) is 17.8 Å². The van der Waals surface area contributed by atoms with Crippen molar-refractivity contribution in [1.29, 1.82) is 0 Å². The molecule has 0 aromatic rings. The molecule has 0 unspecified atom stereocenters. The highest BCUT2D eigenvalue weighted by atomic mass is 16.4. The first kappa shape index (κ1) is 89.5. The van der Waals surface area contributed by atoms with Gasteiger partial charge >= 0.3 is 23.9 Å².